The van der Waals surface area contributed by atoms with E-state index < -0.39 is 11.4 Å². The molecule has 2 aromatic carbocycles. The van der Waals surface area contributed by atoms with Crippen molar-refractivity contribution >= 4 is 22.5 Å². The Balaban J connectivity index is 1.59. The zero-order valence-electron chi connectivity index (χ0n) is 18.1. The molecule has 1 aromatic heterocycles. The van der Waals surface area contributed by atoms with Crippen LogP contribution in [0.25, 0.3) is 10.9 Å². The molecule has 168 valence electrons. The lowest BCUT2D eigenvalue weighted by Gasteiger charge is -2.15. The second-order valence-corrected chi connectivity index (χ2v) is 7.89. The van der Waals surface area contributed by atoms with Crippen LogP contribution in [-0.4, -0.2) is 30.1 Å². The molecule has 0 aliphatic heterocycles. The molecular weight excluding hydrogens is 413 g/mol. The second kappa shape index (κ2) is 9.00. The Morgan fingerprint density at radius 1 is 1.16 bits per heavy atom. The van der Waals surface area contributed by atoms with Crippen molar-refractivity contribution in [2.45, 2.75) is 38.1 Å². The first-order valence-corrected chi connectivity index (χ1v) is 10.6. The van der Waals surface area contributed by atoms with E-state index in [1.807, 2.05) is 0 Å². The van der Waals surface area contributed by atoms with Gasteiger partial charge in [0.05, 0.1) is 24.8 Å². The summed E-state index contributed by atoms with van der Waals surface area (Å²) in [6, 6.07) is 9.47. The van der Waals surface area contributed by atoms with Gasteiger partial charge in [0, 0.05) is 29.4 Å². The second-order valence-electron chi connectivity index (χ2n) is 7.89. The highest BCUT2D eigenvalue weighted by Crippen LogP contribution is 2.38. The van der Waals surface area contributed by atoms with E-state index in [1.165, 1.54) is 12.1 Å². The van der Waals surface area contributed by atoms with Gasteiger partial charge < -0.3 is 25.3 Å². The highest BCUT2D eigenvalue weighted by Gasteiger charge is 2.45. The van der Waals surface area contributed by atoms with Crippen LogP contribution in [0.3, 0.4) is 0 Å². The zero-order valence-corrected chi connectivity index (χ0v) is 18.1. The summed E-state index contributed by atoms with van der Waals surface area (Å²) in [6.45, 7) is 2.64. The fraction of sp³-hybridized carbons (Fsp3) is 0.333. The Hall–Kier alpha value is -3.39. The van der Waals surface area contributed by atoms with Gasteiger partial charge in [-0.2, -0.15) is 0 Å². The van der Waals surface area contributed by atoms with Gasteiger partial charge in [-0.1, -0.05) is 13.3 Å². The Morgan fingerprint density at radius 3 is 2.66 bits per heavy atom. The molecule has 1 amide bonds. The van der Waals surface area contributed by atoms with Crippen molar-refractivity contribution < 1.29 is 23.4 Å². The largest absolute Gasteiger partial charge is 0.493 e. The number of hydrogen-bond acceptors (Lipinski definition) is 6. The van der Waals surface area contributed by atoms with Gasteiger partial charge in [0.2, 0.25) is 5.91 Å². The number of nitrogens with two attached hydrogens (primary N) is 1. The summed E-state index contributed by atoms with van der Waals surface area (Å²) in [4.78, 5) is 16.4. The molecule has 0 radical (unpaired) electrons. The van der Waals surface area contributed by atoms with E-state index in [-0.39, 0.29) is 11.7 Å². The minimum atomic E-state index is -0.834. The number of anilines is 1. The van der Waals surface area contributed by atoms with Crippen molar-refractivity contribution in [3.63, 3.8) is 0 Å². The molecule has 7 nitrogen and oxygen atoms in total. The van der Waals surface area contributed by atoms with Crippen molar-refractivity contribution in [1.29, 1.82) is 0 Å². The number of pyridine rings is 1. The minimum Gasteiger partial charge on any atom is -0.493 e. The number of nitrogens with one attached hydrogen (secondary N) is 1. The quantitative estimate of drug-likeness (QED) is 0.466. The van der Waals surface area contributed by atoms with Gasteiger partial charge in [-0.05, 0) is 43.5 Å². The van der Waals surface area contributed by atoms with Gasteiger partial charge in [0.15, 0.2) is 23.1 Å². The standard InChI is InChI=1S/C24H26FN3O4/c1-3-4-11-31-22-13-16-18(14-21(22)30-2)27-10-7-19(16)32-20-6-5-15(12-17(20)25)28-23(29)24(26)8-9-24/h5-7,10,12-14H,3-4,8-9,11,26H2,1-2H3,(H,28,29). The van der Waals surface area contributed by atoms with Crippen molar-refractivity contribution in [3.05, 3.63) is 48.4 Å². The summed E-state index contributed by atoms with van der Waals surface area (Å²) in [5.74, 6) is 0.664. The van der Waals surface area contributed by atoms with Crippen LogP contribution in [0.15, 0.2) is 42.6 Å². The van der Waals surface area contributed by atoms with E-state index in [4.69, 9.17) is 19.9 Å². The van der Waals surface area contributed by atoms with Gasteiger partial charge in [0.25, 0.3) is 0 Å². The molecular formula is C24H26FN3O4. The maximum absolute atomic E-state index is 14.7. The maximum atomic E-state index is 14.7. The number of methoxy groups -OCH3 is 1. The topological polar surface area (TPSA) is 95.7 Å². The number of unbranched alkanes of at least 4 members (excludes halogenated alkanes) is 1. The smallest absolute Gasteiger partial charge is 0.244 e. The lowest BCUT2D eigenvalue weighted by molar-refractivity contribution is -0.118. The number of fused-ring (bicyclic) bond motifs is 1. The number of rotatable bonds is 9. The number of hydrogen-bond donors (Lipinski definition) is 2. The molecule has 3 aromatic rings. The Labute approximate surface area is 185 Å². The zero-order chi connectivity index (χ0) is 22.7. The van der Waals surface area contributed by atoms with E-state index in [1.54, 1.807) is 37.6 Å². The van der Waals surface area contributed by atoms with E-state index in [9.17, 15) is 9.18 Å². The summed E-state index contributed by atoms with van der Waals surface area (Å²) in [7, 11) is 1.57. The first-order valence-electron chi connectivity index (χ1n) is 10.6. The molecule has 1 heterocycles. The lowest BCUT2D eigenvalue weighted by Crippen LogP contribution is -2.37. The Bertz CT molecular complexity index is 1150. The Morgan fingerprint density at radius 2 is 1.97 bits per heavy atom. The normalized spacial score (nSPS) is 14.1. The molecule has 1 aliphatic carbocycles. The molecule has 1 aliphatic rings. The van der Waals surface area contributed by atoms with Crippen LogP contribution in [0.2, 0.25) is 0 Å². The van der Waals surface area contributed by atoms with Gasteiger partial charge in [-0.25, -0.2) is 4.39 Å². The number of benzene rings is 2. The Kier molecular flexibility index (Phi) is 6.14. The summed E-state index contributed by atoms with van der Waals surface area (Å²) in [5, 5.41) is 3.31. The molecule has 32 heavy (non-hydrogen) atoms. The minimum absolute atomic E-state index is 0.0219. The van der Waals surface area contributed by atoms with Crippen LogP contribution in [0.4, 0.5) is 10.1 Å². The highest BCUT2D eigenvalue weighted by molar-refractivity contribution is 6.00. The third-order valence-corrected chi connectivity index (χ3v) is 5.39. The van der Waals surface area contributed by atoms with Crippen molar-refractivity contribution in [2.24, 2.45) is 5.73 Å². The number of ether oxygens (including phenoxy) is 3. The van der Waals surface area contributed by atoms with Crippen LogP contribution >= 0.6 is 0 Å². The summed E-state index contributed by atoms with van der Waals surface area (Å²) in [5.41, 5.74) is 6.00. The number of carbonyl (C=O) groups is 1. The predicted octanol–water partition coefficient (Wildman–Crippen LogP) is 4.78. The molecule has 0 unspecified atom stereocenters. The SMILES string of the molecule is CCCCOc1cc2c(Oc3ccc(NC(=O)C4(N)CC4)cc3F)ccnc2cc1OC. The van der Waals surface area contributed by atoms with Crippen LogP contribution in [0.5, 0.6) is 23.0 Å². The molecule has 0 bridgehead atoms. The number of aromatic nitrogens is 1. The van der Waals surface area contributed by atoms with Crippen molar-refractivity contribution in [3.8, 4) is 23.0 Å². The van der Waals surface area contributed by atoms with Gasteiger partial charge in [-0.15, -0.1) is 0 Å². The average Bonchev–Trinajstić information content (AvgIpc) is 3.54. The highest BCUT2D eigenvalue weighted by atomic mass is 19.1. The molecule has 0 saturated heterocycles. The molecule has 4 rings (SSSR count). The number of halogens is 1. The van der Waals surface area contributed by atoms with E-state index in [2.05, 4.69) is 17.2 Å². The first-order chi connectivity index (χ1) is 15.4. The monoisotopic (exact) mass is 439 g/mol. The van der Waals surface area contributed by atoms with Crippen molar-refractivity contribution in [1.82, 2.24) is 4.98 Å². The van der Waals surface area contributed by atoms with Crippen LogP contribution in [-0.2, 0) is 4.79 Å². The summed E-state index contributed by atoms with van der Waals surface area (Å²) in [6.07, 6.45) is 4.77. The van der Waals surface area contributed by atoms with Crippen molar-refractivity contribution in [2.75, 3.05) is 19.0 Å². The molecule has 0 atom stereocenters. The average molecular weight is 439 g/mol. The van der Waals surface area contributed by atoms with E-state index >= 15 is 0 Å². The molecule has 0 spiro atoms. The number of carbonyl (C=O) groups excluding carboxylic acids is 1. The number of nitrogens with zero attached hydrogens (tertiary/aromatic N) is 1. The first kappa shape index (κ1) is 21.8. The number of amides is 1. The van der Waals surface area contributed by atoms with E-state index in [0.717, 1.165) is 12.8 Å². The molecule has 3 N–H and O–H groups in total. The molecule has 1 saturated carbocycles. The fourth-order valence-corrected chi connectivity index (χ4v) is 3.21. The lowest BCUT2D eigenvalue weighted by atomic mass is 10.1. The maximum Gasteiger partial charge on any atom is 0.244 e. The molecule has 8 heteroatoms. The predicted molar refractivity (Wildman–Crippen MR) is 120 cm³/mol. The van der Waals surface area contributed by atoms with Crippen LogP contribution in [0, 0.1) is 5.82 Å². The molecule has 1 fully saturated rings. The summed E-state index contributed by atoms with van der Waals surface area (Å²) < 4.78 is 31.9. The van der Waals surface area contributed by atoms with Crippen LogP contribution < -0.4 is 25.3 Å². The third-order valence-electron chi connectivity index (χ3n) is 5.39. The van der Waals surface area contributed by atoms with E-state index in [0.29, 0.717) is 53.3 Å². The van der Waals surface area contributed by atoms with Gasteiger partial charge in [-0.3, -0.25) is 9.78 Å². The fourth-order valence-electron chi connectivity index (χ4n) is 3.21. The van der Waals surface area contributed by atoms with Gasteiger partial charge in [0.1, 0.15) is 5.75 Å². The summed E-state index contributed by atoms with van der Waals surface area (Å²) >= 11 is 0. The van der Waals surface area contributed by atoms with Crippen LogP contribution in [0.1, 0.15) is 32.6 Å². The van der Waals surface area contributed by atoms with Gasteiger partial charge >= 0.3 is 0 Å². The third kappa shape index (κ3) is 4.60.